The van der Waals surface area contributed by atoms with Crippen LogP contribution in [-0.4, -0.2) is 56.4 Å². The van der Waals surface area contributed by atoms with Gasteiger partial charge in [-0.05, 0) is 23.1 Å². The van der Waals surface area contributed by atoms with Crippen LogP contribution >= 0.6 is 22.9 Å². The highest BCUT2D eigenvalue weighted by atomic mass is 35.5. The van der Waals surface area contributed by atoms with Crippen LogP contribution in [0.3, 0.4) is 0 Å². The van der Waals surface area contributed by atoms with Crippen molar-refractivity contribution < 1.29 is 25.2 Å². The number of thiazole rings is 1. The van der Waals surface area contributed by atoms with Crippen molar-refractivity contribution >= 4 is 22.9 Å². The van der Waals surface area contributed by atoms with E-state index < -0.39 is 37.1 Å². The minimum absolute atomic E-state index is 0.409. The molecule has 0 spiro atoms. The number of benzene rings is 1. The first kappa shape index (κ1) is 20.7. The van der Waals surface area contributed by atoms with Crippen LogP contribution in [0, 0.1) is 0 Å². The van der Waals surface area contributed by atoms with Crippen molar-refractivity contribution in [2.45, 2.75) is 56.7 Å². The van der Waals surface area contributed by atoms with Crippen LogP contribution in [0.15, 0.2) is 24.4 Å². The van der Waals surface area contributed by atoms with Gasteiger partial charge in [0.2, 0.25) is 0 Å². The summed E-state index contributed by atoms with van der Waals surface area (Å²) in [6.45, 7) is 3.77. The van der Waals surface area contributed by atoms with Crippen LogP contribution in [0.25, 0.3) is 0 Å². The third-order valence-corrected chi connectivity index (χ3v) is 6.44. The maximum atomic E-state index is 10.3. The lowest BCUT2D eigenvalue weighted by atomic mass is 9.90. The zero-order valence-corrected chi connectivity index (χ0v) is 16.7. The molecule has 0 amide bonds. The monoisotopic (exact) mass is 413 g/mol. The van der Waals surface area contributed by atoms with Gasteiger partial charge in [0, 0.05) is 22.5 Å². The normalized spacial score (nSPS) is 28.7. The summed E-state index contributed by atoms with van der Waals surface area (Å²) in [5, 5.41) is 41.2. The van der Waals surface area contributed by atoms with Crippen LogP contribution in [0.1, 0.15) is 46.9 Å². The molecule has 0 radical (unpaired) electrons. The Kier molecular flexibility index (Phi) is 6.53. The van der Waals surface area contributed by atoms with Crippen molar-refractivity contribution in [1.29, 1.82) is 0 Å². The van der Waals surface area contributed by atoms with Crippen LogP contribution in [-0.2, 0) is 11.2 Å². The molecule has 1 aromatic carbocycles. The molecular formula is C19H24ClNO5S. The standard InChI is InChI=1S/C19H24ClNO5S/c1-9(2)14-7-21-15(27-14)6-11-5-10(3-4-12(11)20)19-18(25)17(24)16(23)13(8-22)26-19/h3-5,7,9,13,16-19,22-25H,6,8H2,1-2H3/t13-,16-,17+,18-,19+/m1/s1. The molecule has 148 valence electrons. The Morgan fingerprint density at radius 1 is 1.19 bits per heavy atom. The number of aliphatic hydroxyl groups is 4. The van der Waals surface area contributed by atoms with Gasteiger partial charge < -0.3 is 25.2 Å². The second-order valence-electron chi connectivity index (χ2n) is 7.09. The molecule has 1 fully saturated rings. The summed E-state index contributed by atoms with van der Waals surface area (Å²) in [6, 6.07) is 5.23. The second-order valence-corrected chi connectivity index (χ2v) is 8.64. The molecule has 3 rings (SSSR count). The Labute approximate surface area is 167 Å². The first-order chi connectivity index (χ1) is 12.8. The van der Waals surface area contributed by atoms with Gasteiger partial charge in [-0.2, -0.15) is 0 Å². The summed E-state index contributed by atoms with van der Waals surface area (Å²) in [5.74, 6) is 0.409. The van der Waals surface area contributed by atoms with E-state index in [-0.39, 0.29) is 0 Å². The first-order valence-electron chi connectivity index (χ1n) is 8.85. The van der Waals surface area contributed by atoms with E-state index in [0.717, 1.165) is 10.6 Å². The number of ether oxygens (including phenoxy) is 1. The van der Waals surface area contributed by atoms with Gasteiger partial charge in [-0.3, -0.25) is 0 Å². The fourth-order valence-electron chi connectivity index (χ4n) is 3.12. The van der Waals surface area contributed by atoms with Crippen molar-refractivity contribution in [3.05, 3.63) is 50.4 Å². The molecule has 5 atom stereocenters. The van der Waals surface area contributed by atoms with E-state index in [1.807, 2.05) is 12.3 Å². The highest BCUT2D eigenvalue weighted by molar-refractivity contribution is 7.11. The van der Waals surface area contributed by atoms with E-state index in [1.165, 1.54) is 4.88 Å². The largest absolute Gasteiger partial charge is 0.394 e. The Morgan fingerprint density at radius 2 is 1.93 bits per heavy atom. The third-order valence-electron chi connectivity index (χ3n) is 4.77. The predicted octanol–water partition coefficient (Wildman–Crippen LogP) is 2.03. The molecule has 1 saturated heterocycles. The summed E-state index contributed by atoms with van der Waals surface area (Å²) in [6.07, 6.45) is -3.50. The number of hydrogen-bond acceptors (Lipinski definition) is 7. The van der Waals surface area contributed by atoms with Gasteiger partial charge in [0.15, 0.2) is 0 Å². The lowest BCUT2D eigenvalue weighted by molar-refractivity contribution is -0.231. The number of aromatic nitrogens is 1. The van der Waals surface area contributed by atoms with Gasteiger partial charge in [0.1, 0.15) is 30.5 Å². The number of aliphatic hydroxyl groups excluding tert-OH is 4. The Morgan fingerprint density at radius 3 is 2.56 bits per heavy atom. The van der Waals surface area contributed by atoms with Gasteiger partial charge in [-0.15, -0.1) is 11.3 Å². The summed E-state index contributed by atoms with van der Waals surface area (Å²) in [7, 11) is 0. The molecule has 1 aliphatic heterocycles. The Balaban J connectivity index is 1.85. The van der Waals surface area contributed by atoms with Crippen LogP contribution < -0.4 is 0 Å². The molecule has 1 aromatic heterocycles. The van der Waals surface area contributed by atoms with Crippen molar-refractivity contribution in [2.75, 3.05) is 6.61 Å². The maximum absolute atomic E-state index is 10.3. The van der Waals surface area contributed by atoms with E-state index in [2.05, 4.69) is 18.8 Å². The SMILES string of the molecule is CC(C)c1cnc(Cc2cc([C@@H]3O[C@H](CO)[C@@H](O)[C@H](O)[C@H]3O)ccc2Cl)s1. The topological polar surface area (TPSA) is 103 Å². The molecule has 0 bridgehead atoms. The molecule has 1 aliphatic rings. The lowest BCUT2D eigenvalue weighted by Gasteiger charge is -2.40. The maximum Gasteiger partial charge on any atom is 0.113 e. The molecule has 0 aliphatic carbocycles. The van der Waals surface area contributed by atoms with Crippen molar-refractivity contribution in [3.8, 4) is 0 Å². The Bertz CT molecular complexity index is 781. The molecule has 27 heavy (non-hydrogen) atoms. The lowest BCUT2D eigenvalue weighted by Crippen LogP contribution is -2.55. The summed E-state index contributed by atoms with van der Waals surface area (Å²) in [4.78, 5) is 5.65. The first-order valence-corrected chi connectivity index (χ1v) is 10.0. The molecule has 4 N–H and O–H groups in total. The molecular weight excluding hydrogens is 390 g/mol. The average Bonchev–Trinajstić information content (AvgIpc) is 3.11. The van der Waals surface area contributed by atoms with Gasteiger partial charge in [0.25, 0.3) is 0 Å². The zero-order chi connectivity index (χ0) is 19.7. The molecule has 8 heteroatoms. The van der Waals surface area contributed by atoms with Crippen LogP contribution in [0.5, 0.6) is 0 Å². The minimum atomic E-state index is -1.41. The third kappa shape index (κ3) is 4.35. The molecule has 0 saturated carbocycles. The number of rotatable bonds is 5. The van der Waals surface area contributed by atoms with Gasteiger partial charge in [0.05, 0.1) is 11.6 Å². The molecule has 6 nitrogen and oxygen atoms in total. The number of halogens is 1. The molecule has 2 aromatic rings. The van der Waals surface area contributed by atoms with Crippen molar-refractivity contribution in [3.63, 3.8) is 0 Å². The van der Waals surface area contributed by atoms with Crippen LogP contribution in [0.2, 0.25) is 5.02 Å². The highest BCUT2D eigenvalue weighted by Crippen LogP contribution is 2.35. The zero-order valence-electron chi connectivity index (χ0n) is 15.1. The van der Waals surface area contributed by atoms with Crippen molar-refractivity contribution in [1.82, 2.24) is 4.98 Å². The van der Waals surface area contributed by atoms with E-state index in [4.69, 9.17) is 16.3 Å². The van der Waals surface area contributed by atoms with Crippen molar-refractivity contribution in [2.24, 2.45) is 0 Å². The van der Waals surface area contributed by atoms with Gasteiger partial charge in [-0.25, -0.2) is 4.98 Å². The minimum Gasteiger partial charge on any atom is -0.394 e. The smallest absolute Gasteiger partial charge is 0.113 e. The fourth-order valence-corrected chi connectivity index (χ4v) is 4.25. The van der Waals surface area contributed by atoms with E-state index in [1.54, 1.807) is 23.5 Å². The summed E-state index contributed by atoms with van der Waals surface area (Å²) < 4.78 is 5.63. The quantitative estimate of drug-likeness (QED) is 0.598. The van der Waals surface area contributed by atoms with E-state index in [0.29, 0.717) is 22.9 Å². The predicted molar refractivity (Wildman–Crippen MR) is 103 cm³/mol. The van der Waals surface area contributed by atoms with Gasteiger partial charge in [-0.1, -0.05) is 37.6 Å². The highest BCUT2D eigenvalue weighted by Gasteiger charge is 2.44. The average molecular weight is 414 g/mol. The summed E-state index contributed by atoms with van der Waals surface area (Å²) in [5.41, 5.74) is 1.45. The van der Waals surface area contributed by atoms with E-state index >= 15 is 0 Å². The fraction of sp³-hybridized carbons (Fsp3) is 0.526. The van der Waals surface area contributed by atoms with Gasteiger partial charge >= 0.3 is 0 Å². The second kappa shape index (κ2) is 8.53. The number of hydrogen-bond donors (Lipinski definition) is 4. The van der Waals surface area contributed by atoms with E-state index in [9.17, 15) is 20.4 Å². The molecule has 2 heterocycles. The van der Waals surface area contributed by atoms with Crippen LogP contribution in [0.4, 0.5) is 0 Å². The molecule has 0 unspecified atom stereocenters. The summed E-state index contributed by atoms with van der Waals surface area (Å²) >= 11 is 7.98. The Hall–Kier alpha value is -1.06. The number of nitrogens with zero attached hydrogens (tertiary/aromatic N) is 1.